The fourth-order valence-corrected chi connectivity index (χ4v) is 24.7. The van der Waals surface area contributed by atoms with Crippen molar-refractivity contribution in [2.24, 2.45) is 87.8 Å². The average Bonchev–Trinajstić information content (AvgIpc) is 3.79. The third kappa shape index (κ3) is 7.50. The van der Waals surface area contributed by atoms with Crippen molar-refractivity contribution in [3.05, 3.63) is 0 Å². The summed E-state index contributed by atoms with van der Waals surface area (Å²) in [5, 5.41) is 0. The van der Waals surface area contributed by atoms with Crippen LogP contribution in [-0.2, 0) is 0 Å². The van der Waals surface area contributed by atoms with Gasteiger partial charge >= 0.3 is 0 Å². The Balaban J connectivity index is 1.12. The van der Waals surface area contributed by atoms with Gasteiger partial charge in [-0.2, -0.15) is 0 Å². The van der Waals surface area contributed by atoms with Crippen molar-refractivity contribution in [2.75, 3.05) is 0 Å². The minimum atomic E-state index is -1.52. The quantitative estimate of drug-likeness (QED) is 0.233. The molecule has 0 spiro atoms. The molecular formula is C48H86Si. The van der Waals surface area contributed by atoms with Crippen molar-refractivity contribution in [1.82, 2.24) is 0 Å². The molecule has 0 amide bonds. The van der Waals surface area contributed by atoms with E-state index in [1.54, 1.807) is 102 Å². The van der Waals surface area contributed by atoms with Crippen molar-refractivity contribution < 1.29 is 0 Å². The number of rotatable bonds is 7. The molecule has 0 saturated heterocycles. The zero-order valence-corrected chi connectivity index (χ0v) is 35.7. The first kappa shape index (κ1) is 37.5. The predicted octanol–water partition coefficient (Wildman–Crippen LogP) is 15.2. The molecule has 49 heavy (non-hydrogen) atoms. The molecule has 282 valence electrons. The van der Waals surface area contributed by atoms with Crippen molar-refractivity contribution in [3.8, 4) is 0 Å². The summed E-state index contributed by atoms with van der Waals surface area (Å²) in [6.45, 7) is 23.9. The average molecular weight is 691 g/mol. The van der Waals surface area contributed by atoms with Crippen LogP contribution in [-0.4, -0.2) is 8.07 Å². The van der Waals surface area contributed by atoms with Gasteiger partial charge in [0.05, 0.1) is 8.07 Å². The lowest BCUT2D eigenvalue weighted by Gasteiger charge is -2.52. The third-order valence-electron chi connectivity index (χ3n) is 19.1. The molecule has 7 aliphatic rings. The lowest BCUT2D eigenvalue weighted by Crippen LogP contribution is -2.50. The fourth-order valence-electron chi connectivity index (χ4n) is 16.9. The SMILES string of the molecule is CC1CC2C(C3CCC(C(C)(C)C)CC3)CCCC2C1[Si](C)(CCC1CCCC1)C1C(C)CC2C(C3CCC(C(C)(C)C)CC3)CCCC21. The molecule has 0 N–H and O–H groups in total. The Hall–Kier alpha value is 0.217. The minimum Gasteiger partial charge on any atom is -0.0687 e. The van der Waals surface area contributed by atoms with Crippen LogP contribution in [0.1, 0.15) is 190 Å². The first-order valence-electron chi connectivity index (χ1n) is 23.3. The summed E-state index contributed by atoms with van der Waals surface area (Å²) in [6.07, 6.45) is 33.0. The Morgan fingerprint density at radius 2 is 0.837 bits per heavy atom. The molecule has 1 heteroatoms. The molecule has 10 unspecified atom stereocenters. The first-order valence-corrected chi connectivity index (χ1v) is 26.1. The highest BCUT2D eigenvalue weighted by atomic mass is 28.3. The van der Waals surface area contributed by atoms with Crippen LogP contribution in [0.25, 0.3) is 0 Å². The predicted molar refractivity (Wildman–Crippen MR) is 217 cm³/mol. The third-order valence-corrected chi connectivity index (χ3v) is 25.5. The van der Waals surface area contributed by atoms with E-state index in [4.69, 9.17) is 0 Å². The van der Waals surface area contributed by atoms with Gasteiger partial charge in [0.1, 0.15) is 0 Å². The first-order chi connectivity index (χ1) is 23.3. The van der Waals surface area contributed by atoms with Gasteiger partial charge in [0.15, 0.2) is 0 Å². The van der Waals surface area contributed by atoms with Crippen molar-refractivity contribution in [3.63, 3.8) is 0 Å². The molecule has 0 aromatic carbocycles. The molecule has 10 atom stereocenters. The molecular weight excluding hydrogens is 605 g/mol. The lowest BCUT2D eigenvalue weighted by atomic mass is 9.61. The Bertz CT molecular complexity index is 982. The van der Waals surface area contributed by atoms with E-state index in [1.165, 1.54) is 38.5 Å². The second-order valence-corrected chi connectivity index (χ2v) is 28.3. The number of hydrogen-bond acceptors (Lipinski definition) is 0. The van der Waals surface area contributed by atoms with Gasteiger partial charge in [-0.25, -0.2) is 0 Å². The van der Waals surface area contributed by atoms with Crippen LogP contribution in [0.5, 0.6) is 0 Å². The van der Waals surface area contributed by atoms with Gasteiger partial charge < -0.3 is 0 Å². The smallest absolute Gasteiger partial charge is 0.0578 e. The van der Waals surface area contributed by atoms with Crippen molar-refractivity contribution in [1.29, 1.82) is 0 Å². The van der Waals surface area contributed by atoms with Crippen LogP contribution in [0.4, 0.5) is 0 Å². The summed E-state index contributed by atoms with van der Waals surface area (Å²) in [6, 6.07) is 1.72. The fraction of sp³-hybridized carbons (Fsp3) is 1.00. The van der Waals surface area contributed by atoms with Gasteiger partial charge in [-0.15, -0.1) is 0 Å². The Kier molecular flexibility index (Phi) is 11.3. The van der Waals surface area contributed by atoms with Crippen molar-refractivity contribution >= 4 is 8.07 Å². The van der Waals surface area contributed by atoms with Crippen molar-refractivity contribution in [2.45, 2.75) is 214 Å². The molecule has 7 rings (SSSR count). The molecule has 0 aromatic rings. The normalized spacial score (nSPS) is 46.7. The highest BCUT2D eigenvalue weighted by Gasteiger charge is 2.62. The van der Waals surface area contributed by atoms with Crippen LogP contribution in [0, 0.1) is 87.8 Å². The van der Waals surface area contributed by atoms with E-state index < -0.39 is 8.07 Å². The van der Waals surface area contributed by atoms with Crippen LogP contribution in [0.2, 0.25) is 23.7 Å². The van der Waals surface area contributed by atoms with Gasteiger partial charge in [-0.05, 0) is 176 Å². The van der Waals surface area contributed by atoms with Gasteiger partial charge in [-0.1, -0.05) is 126 Å². The largest absolute Gasteiger partial charge is 0.0687 e. The number of hydrogen-bond donors (Lipinski definition) is 0. The van der Waals surface area contributed by atoms with E-state index in [0.29, 0.717) is 10.8 Å². The van der Waals surface area contributed by atoms with Crippen LogP contribution in [0.15, 0.2) is 0 Å². The Morgan fingerprint density at radius 3 is 1.22 bits per heavy atom. The molecule has 0 aliphatic heterocycles. The molecule has 0 radical (unpaired) electrons. The Morgan fingerprint density at radius 1 is 0.449 bits per heavy atom. The molecule has 7 fully saturated rings. The Labute approximate surface area is 308 Å². The van der Waals surface area contributed by atoms with E-state index in [0.717, 1.165) is 88.0 Å². The van der Waals surface area contributed by atoms with Crippen LogP contribution < -0.4 is 0 Å². The lowest BCUT2D eigenvalue weighted by molar-refractivity contribution is 0.0619. The summed E-state index contributed by atoms with van der Waals surface area (Å²) in [7, 11) is -1.52. The molecule has 0 nitrogen and oxygen atoms in total. The minimum absolute atomic E-state index is 0.513. The van der Waals surface area contributed by atoms with E-state index in [-0.39, 0.29) is 0 Å². The van der Waals surface area contributed by atoms with Gasteiger partial charge in [0.25, 0.3) is 0 Å². The van der Waals surface area contributed by atoms with Gasteiger partial charge in [-0.3, -0.25) is 0 Å². The molecule has 0 heterocycles. The maximum absolute atomic E-state index is 3.13. The van der Waals surface area contributed by atoms with E-state index in [9.17, 15) is 0 Å². The molecule has 0 aromatic heterocycles. The van der Waals surface area contributed by atoms with E-state index in [2.05, 4.69) is 61.9 Å². The monoisotopic (exact) mass is 691 g/mol. The standard InChI is InChI=1S/C48H86Si/c1-32-30-43-39(35-20-24-37(25-21-35)47(3,4)5)16-12-18-41(43)45(32)49(9,29-28-34-14-10-11-15-34)46-33(2)31-44-40(17-13-19-42(44)46)36-22-26-38(27-23-36)48(6,7)8/h32-46H,10-31H2,1-9H3. The topological polar surface area (TPSA) is 0 Å². The van der Waals surface area contributed by atoms with Crippen LogP contribution >= 0.6 is 0 Å². The number of fused-ring (bicyclic) bond motifs is 2. The maximum Gasteiger partial charge on any atom is 0.0578 e. The summed E-state index contributed by atoms with van der Waals surface area (Å²) in [5.74, 6) is 13.7. The van der Waals surface area contributed by atoms with Gasteiger partial charge in [0.2, 0.25) is 0 Å². The second-order valence-electron chi connectivity index (χ2n) is 23.5. The van der Waals surface area contributed by atoms with Crippen LogP contribution in [0.3, 0.4) is 0 Å². The summed E-state index contributed by atoms with van der Waals surface area (Å²) in [4.78, 5) is 0. The summed E-state index contributed by atoms with van der Waals surface area (Å²) >= 11 is 0. The molecule has 7 aliphatic carbocycles. The maximum atomic E-state index is 3.13. The highest BCUT2D eigenvalue weighted by Crippen LogP contribution is 2.68. The molecule has 0 bridgehead atoms. The van der Waals surface area contributed by atoms with E-state index >= 15 is 0 Å². The summed E-state index contributed by atoms with van der Waals surface area (Å²) in [5.41, 5.74) is 3.31. The van der Waals surface area contributed by atoms with E-state index in [1.807, 2.05) is 0 Å². The molecule has 7 saturated carbocycles. The van der Waals surface area contributed by atoms with Gasteiger partial charge in [0, 0.05) is 0 Å². The summed E-state index contributed by atoms with van der Waals surface area (Å²) < 4.78 is 0. The highest BCUT2D eigenvalue weighted by molar-refractivity contribution is 6.81. The zero-order valence-electron chi connectivity index (χ0n) is 34.7. The zero-order chi connectivity index (χ0) is 34.7. The second kappa shape index (κ2) is 14.8.